The number of hydrogen-bond acceptors (Lipinski definition) is 15. The molecule has 268 valence electrons. The predicted molar refractivity (Wildman–Crippen MR) is 159 cm³/mol. The van der Waals surface area contributed by atoms with Crippen molar-refractivity contribution >= 4 is 5.91 Å². The summed E-state index contributed by atoms with van der Waals surface area (Å²) in [4.78, 5) is 13.6. The van der Waals surface area contributed by atoms with Gasteiger partial charge in [-0.05, 0) is 18.8 Å². The van der Waals surface area contributed by atoms with Gasteiger partial charge in [0.15, 0.2) is 18.4 Å². The molecule has 3 rings (SSSR count). The molecule has 46 heavy (non-hydrogen) atoms. The molecule has 3 fully saturated rings. The maximum atomic E-state index is 13.6. The molecule has 0 saturated carbocycles. The quantitative estimate of drug-likeness (QED) is 0.0904. The van der Waals surface area contributed by atoms with Crippen LogP contribution in [0.3, 0.4) is 0 Å². The maximum Gasteiger partial charge on any atom is 0.228 e. The van der Waals surface area contributed by atoms with Gasteiger partial charge in [-0.2, -0.15) is 0 Å². The van der Waals surface area contributed by atoms with Crippen LogP contribution in [0, 0.1) is 17.8 Å². The van der Waals surface area contributed by atoms with Crippen molar-refractivity contribution < 1.29 is 69.7 Å². The highest BCUT2D eigenvalue weighted by Gasteiger charge is 2.51. The zero-order valence-electron chi connectivity index (χ0n) is 26.9. The lowest BCUT2D eigenvalue weighted by atomic mass is 9.81. The minimum Gasteiger partial charge on any atom is -0.393 e. The minimum absolute atomic E-state index is 0.0486. The Labute approximate surface area is 268 Å². The number of allylic oxidation sites excluding steroid dienone is 1. The third kappa shape index (κ3) is 9.63. The third-order valence-electron chi connectivity index (χ3n) is 8.86. The monoisotopic (exact) mass is 666 g/mol. The third-order valence-corrected chi connectivity index (χ3v) is 8.86. The Morgan fingerprint density at radius 2 is 1.61 bits per heavy atom. The smallest absolute Gasteiger partial charge is 0.228 e. The van der Waals surface area contributed by atoms with E-state index in [1.54, 1.807) is 32.9 Å². The molecule has 16 heteroatoms. The Balaban J connectivity index is 1.87. The second-order valence-corrected chi connectivity index (χ2v) is 13.5. The Morgan fingerprint density at radius 3 is 2.22 bits per heavy atom. The SMILES string of the molecule is CC(C)/C=C/[C@@H](C[C@@H]1O[C@](O)(C[C@@H](O)C(C)C)C[C@H](O)[C@H]1C(=O)NCC1OC(O)C(O)C(O)C1O)OC1OC(C)C(O)C(N)C1O. The van der Waals surface area contributed by atoms with Crippen LogP contribution in [-0.4, -0.2) is 150 Å². The van der Waals surface area contributed by atoms with Crippen LogP contribution in [0.25, 0.3) is 0 Å². The summed E-state index contributed by atoms with van der Waals surface area (Å²) in [6.07, 6.45) is -15.0. The van der Waals surface area contributed by atoms with Crippen LogP contribution >= 0.6 is 0 Å². The van der Waals surface area contributed by atoms with Crippen LogP contribution in [0.4, 0.5) is 0 Å². The number of aliphatic hydroxyl groups excluding tert-OH is 8. The van der Waals surface area contributed by atoms with E-state index in [9.17, 15) is 50.8 Å². The molecular formula is C30H54N2O14. The highest BCUT2D eigenvalue weighted by Crippen LogP contribution is 2.38. The van der Waals surface area contributed by atoms with E-state index in [4.69, 9.17) is 24.7 Å². The molecule has 0 aromatic carbocycles. The molecule has 3 heterocycles. The maximum absolute atomic E-state index is 13.6. The van der Waals surface area contributed by atoms with E-state index in [1.165, 1.54) is 0 Å². The van der Waals surface area contributed by atoms with Crippen molar-refractivity contribution in [1.29, 1.82) is 0 Å². The fourth-order valence-corrected chi connectivity index (χ4v) is 5.86. The Kier molecular flexibility index (Phi) is 13.9. The summed E-state index contributed by atoms with van der Waals surface area (Å²) in [5.41, 5.74) is 5.98. The molecule has 0 radical (unpaired) electrons. The molecule has 1 amide bonds. The fraction of sp³-hybridized carbons (Fsp3) is 0.900. The predicted octanol–water partition coefficient (Wildman–Crippen LogP) is -3.45. The van der Waals surface area contributed by atoms with Gasteiger partial charge in [0.1, 0.15) is 30.5 Å². The first kappa shape index (κ1) is 39.1. The van der Waals surface area contributed by atoms with Crippen molar-refractivity contribution in [3.8, 4) is 0 Å². The second-order valence-electron chi connectivity index (χ2n) is 13.5. The normalized spacial score (nSPS) is 43.6. The van der Waals surface area contributed by atoms with E-state index in [0.717, 1.165) is 0 Å². The Hall–Kier alpha value is -1.35. The van der Waals surface area contributed by atoms with E-state index in [1.807, 2.05) is 13.8 Å². The number of hydrogen-bond donors (Lipinski definition) is 11. The zero-order valence-corrected chi connectivity index (χ0v) is 26.9. The Morgan fingerprint density at radius 1 is 0.957 bits per heavy atom. The van der Waals surface area contributed by atoms with Gasteiger partial charge in [0.05, 0.1) is 48.6 Å². The standard InChI is InChI=1S/C30H54N2O14/c1-12(2)6-7-15(44-29-24(37)21(31)22(35)14(5)43-29)8-18-20(17(34)10-30(42,46-18)9-16(33)13(3)4)27(40)32-11-19-23(36)25(38)26(39)28(41)45-19/h6-7,12-26,28-29,33-39,41-42H,8-11,31H2,1-5H3,(H,32,40)/b7-6+/t14?,15-,16+,17-,18-,19?,20+,21?,22?,23?,24?,25?,26?,28?,29?,30+/m0/s1. The van der Waals surface area contributed by atoms with Gasteiger partial charge < -0.3 is 76.0 Å². The van der Waals surface area contributed by atoms with E-state index < -0.39 is 116 Å². The van der Waals surface area contributed by atoms with E-state index >= 15 is 0 Å². The second kappa shape index (κ2) is 16.4. The van der Waals surface area contributed by atoms with Crippen molar-refractivity contribution in [2.45, 2.75) is 145 Å². The first-order chi connectivity index (χ1) is 21.3. The average molecular weight is 667 g/mol. The van der Waals surface area contributed by atoms with Gasteiger partial charge in [-0.3, -0.25) is 4.79 Å². The van der Waals surface area contributed by atoms with Gasteiger partial charge >= 0.3 is 0 Å². The van der Waals surface area contributed by atoms with Crippen LogP contribution in [0.15, 0.2) is 12.2 Å². The van der Waals surface area contributed by atoms with Crippen molar-refractivity contribution in [2.75, 3.05) is 6.54 Å². The molecule has 0 bridgehead atoms. The molecule has 16 atom stereocenters. The molecular weight excluding hydrogens is 612 g/mol. The van der Waals surface area contributed by atoms with Gasteiger partial charge in [-0.1, -0.05) is 39.8 Å². The van der Waals surface area contributed by atoms with E-state index in [-0.39, 0.29) is 24.7 Å². The number of carbonyl (C=O) groups is 1. The summed E-state index contributed by atoms with van der Waals surface area (Å²) in [5, 5.41) is 96.5. The fourth-order valence-electron chi connectivity index (χ4n) is 5.86. The molecule has 3 aliphatic rings. The van der Waals surface area contributed by atoms with Gasteiger partial charge in [0.25, 0.3) is 0 Å². The highest BCUT2D eigenvalue weighted by atomic mass is 16.7. The lowest BCUT2D eigenvalue weighted by Gasteiger charge is -2.46. The molecule has 0 aromatic heterocycles. The summed E-state index contributed by atoms with van der Waals surface area (Å²) < 4.78 is 23.0. The summed E-state index contributed by atoms with van der Waals surface area (Å²) in [6, 6.07) is -1.08. The van der Waals surface area contributed by atoms with Crippen LogP contribution in [-0.2, 0) is 23.7 Å². The van der Waals surface area contributed by atoms with Crippen molar-refractivity contribution in [3.05, 3.63) is 12.2 Å². The van der Waals surface area contributed by atoms with Crippen molar-refractivity contribution in [3.63, 3.8) is 0 Å². The largest absolute Gasteiger partial charge is 0.393 e. The first-order valence-electron chi connectivity index (χ1n) is 15.9. The molecule has 3 saturated heterocycles. The van der Waals surface area contributed by atoms with Gasteiger partial charge in [0.2, 0.25) is 5.91 Å². The molecule has 16 nitrogen and oxygen atoms in total. The number of amides is 1. The van der Waals surface area contributed by atoms with Crippen molar-refractivity contribution in [2.24, 2.45) is 23.5 Å². The summed E-state index contributed by atoms with van der Waals surface area (Å²) in [7, 11) is 0. The van der Waals surface area contributed by atoms with Gasteiger partial charge in [-0.25, -0.2) is 0 Å². The van der Waals surface area contributed by atoms with Crippen LogP contribution < -0.4 is 11.1 Å². The summed E-state index contributed by atoms with van der Waals surface area (Å²) in [5.74, 6) is -4.36. The van der Waals surface area contributed by atoms with Crippen molar-refractivity contribution in [1.82, 2.24) is 5.32 Å². The number of rotatable bonds is 12. The lowest BCUT2D eigenvalue weighted by molar-refractivity contribution is -0.307. The topological polar surface area (TPSA) is 274 Å². The average Bonchev–Trinajstić information content (AvgIpc) is 2.96. The molecule has 10 unspecified atom stereocenters. The highest BCUT2D eigenvalue weighted by molar-refractivity contribution is 5.80. The molecule has 3 aliphatic heterocycles. The zero-order chi connectivity index (χ0) is 34.7. The van der Waals surface area contributed by atoms with E-state index in [0.29, 0.717) is 0 Å². The number of carbonyl (C=O) groups excluding carboxylic acids is 1. The molecule has 0 spiro atoms. The molecule has 0 aliphatic carbocycles. The summed E-state index contributed by atoms with van der Waals surface area (Å²) >= 11 is 0. The number of ether oxygens (including phenoxy) is 4. The van der Waals surface area contributed by atoms with Gasteiger partial charge in [-0.15, -0.1) is 0 Å². The molecule has 0 aromatic rings. The van der Waals surface area contributed by atoms with Crippen LogP contribution in [0.1, 0.15) is 53.9 Å². The van der Waals surface area contributed by atoms with Crippen LogP contribution in [0.5, 0.6) is 0 Å². The molecule has 12 N–H and O–H groups in total. The van der Waals surface area contributed by atoms with E-state index in [2.05, 4.69) is 5.32 Å². The summed E-state index contributed by atoms with van der Waals surface area (Å²) in [6.45, 7) is 8.44. The lowest BCUT2D eigenvalue weighted by Crippen LogP contribution is -2.62. The Bertz CT molecular complexity index is 1000. The number of aliphatic hydroxyl groups is 9. The first-order valence-corrected chi connectivity index (χ1v) is 15.9. The van der Waals surface area contributed by atoms with Crippen LogP contribution in [0.2, 0.25) is 0 Å². The number of nitrogens with one attached hydrogen (secondary N) is 1. The minimum atomic E-state index is -2.04. The van der Waals surface area contributed by atoms with Gasteiger partial charge in [0, 0.05) is 25.8 Å². The number of nitrogens with two attached hydrogens (primary N) is 1.